The zero-order chi connectivity index (χ0) is 40.0. The Morgan fingerprint density at radius 1 is 0.377 bits per heavy atom. The van der Waals surface area contributed by atoms with Gasteiger partial charge < -0.3 is 13.4 Å². The summed E-state index contributed by atoms with van der Waals surface area (Å²) >= 11 is 0. The van der Waals surface area contributed by atoms with Crippen LogP contribution in [0.1, 0.15) is 0 Å². The van der Waals surface area contributed by atoms with Crippen molar-refractivity contribution in [2.75, 3.05) is 0 Å². The van der Waals surface area contributed by atoms with Crippen molar-refractivity contribution in [1.29, 1.82) is 0 Å². The van der Waals surface area contributed by atoms with Crippen molar-refractivity contribution >= 4 is 76.7 Å². The van der Waals surface area contributed by atoms with Crippen molar-refractivity contribution in [2.45, 2.75) is 0 Å². The van der Waals surface area contributed by atoms with Crippen molar-refractivity contribution in [1.82, 2.24) is 14.5 Å². The zero-order valence-corrected chi connectivity index (χ0v) is 32.7. The molecular weight excluding hydrogens is 747 g/mol. The highest BCUT2D eigenvalue weighted by Crippen LogP contribution is 2.42. The maximum Gasteiger partial charge on any atom is 0.136 e. The van der Waals surface area contributed by atoms with E-state index in [9.17, 15) is 0 Å². The fourth-order valence-electron chi connectivity index (χ4n) is 9.49. The SMILES string of the molecule is c1ccc(-n2c3ccccc3c3cc(-c4ccc5oc6cccc(-c7ccc(-c8cc(-c9cccc%10oc%11ccccc%11c9%10)c9ncccc9n8)cc7)c6c5c4)ccc32)cc1. The summed E-state index contributed by atoms with van der Waals surface area (Å²) in [6.45, 7) is 0. The van der Waals surface area contributed by atoms with Crippen LogP contribution in [-0.4, -0.2) is 14.5 Å². The first kappa shape index (κ1) is 33.7. The highest BCUT2D eigenvalue weighted by Gasteiger charge is 2.19. The predicted octanol–water partition coefficient (Wildman–Crippen LogP) is 15.2. The third-order valence-corrected chi connectivity index (χ3v) is 12.3. The Bertz CT molecular complexity index is 3870. The third-order valence-electron chi connectivity index (χ3n) is 12.3. The molecule has 0 amide bonds. The Hall–Kier alpha value is -8.28. The van der Waals surface area contributed by atoms with E-state index in [1.165, 1.54) is 21.8 Å². The maximum absolute atomic E-state index is 6.50. The molecule has 13 rings (SSSR count). The second-order valence-corrected chi connectivity index (χ2v) is 15.7. The average Bonchev–Trinajstić information content (AvgIpc) is 4.01. The molecule has 0 spiro atoms. The number of aromatic nitrogens is 3. The van der Waals surface area contributed by atoms with E-state index in [4.69, 9.17) is 18.8 Å². The van der Waals surface area contributed by atoms with Crippen LogP contribution in [0.2, 0.25) is 0 Å². The second kappa shape index (κ2) is 13.1. The van der Waals surface area contributed by atoms with Crippen molar-refractivity contribution in [2.24, 2.45) is 0 Å². The van der Waals surface area contributed by atoms with Gasteiger partial charge in [0.15, 0.2) is 0 Å². The molecule has 0 saturated heterocycles. The molecule has 0 fully saturated rings. The predicted molar refractivity (Wildman–Crippen MR) is 250 cm³/mol. The number of rotatable bonds is 5. The fourth-order valence-corrected chi connectivity index (χ4v) is 9.49. The van der Waals surface area contributed by atoms with E-state index < -0.39 is 0 Å². The summed E-state index contributed by atoms with van der Waals surface area (Å²) in [6, 6.07) is 68.4. The molecule has 13 aromatic rings. The first-order valence-corrected chi connectivity index (χ1v) is 20.5. The summed E-state index contributed by atoms with van der Waals surface area (Å²) in [5, 5.41) is 6.82. The molecule has 0 aliphatic rings. The molecule has 5 heterocycles. The standard InChI is InChI=1S/C56H33N3O2/c1-2-11-38(12-3-1)59-48-18-6-4-13-40(48)43-31-36(26-28-49(43)59)37-27-29-51-45(32-37)54-39(15-8-20-52(54)61-51)34-22-24-35(25-23-34)47-33-44(56-46(58-47)17-10-30-57-56)41-16-9-21-53-55(41)42-14-5-7-19-50(42)60-53/h1-33H. The van der Waals surface area contributed by atoms with Crippen molar-refractivity contribution in [3.8, 4) is 50.3 Å². The highest BCUT2D eigenvalue weighted by atomic mass is 16.3. The van der Waals surface area contributed by atoms with E-state index in [0.717, 1.165) is 105 Å². The quantitative estimate of drug-likeness (QED) is 0.175. The Labute approximate surface area is 349 Å². The minimum absolute atomic E-state index is 0.843. The van der Waals surface area contributed by atoms with E-state index in [0.29, 0.717) is 0 Å². The first-order valence-electron chi connectivity index (χ1n) is 20.5. The maximum atomic E-state index is 6.50. The number of hydrogen-bond acceptors (Lipinski definition) is 4. The van der Waals surface area contributed by atoms with Gasteiger partial charge in [0.1, 0.15) is 22.3 Å². The lowest BCUT2D eigenvalue weighted by Gasteiger charge is -2.11. The topological polar surface area (TPSA) is 57.0 Å². The molecule has 0 bridgehead atoms. The molecule has 284 valence electrons. The van der Waals surface area contributed by atoms with E-state index in [2.05, 4.69) is 168 Å². The molecule has 0 saturated carbocycles. The number of benzene rings is 8. The first-order chi connectivity index (χ1) is 30.2. The summed E-state index contributed by atoms with van der Waals surface area (Å²) in [7, 11) is 0. The Balaban J connectivity index is 0.913. The van der Waals surface area contributed by atoms with Gasteiger partial charge >= 0.3 is 0 Å². The van der Waals surface area contributed by atoms with Gasteiger partial charge in [-0.2, -0.15) is 0 Å². The molecule has 5 nitrogen and oxygen atoms in total. The van der Waals surface area contributed by atoms with E-state index >= 15 is 0 Å². The second-order valence-electron chi connectivity index (χ2n) is 15.7. The summed E-state index contributed by atoms with van der Waals surface area (Å²) in [6.07, 6.45) is 1.84. The molecule has 0 radical (unpaired) electrons. The van der Waals surface area contributed by atoms with Gasteiger partial charge in [0.05, 0.1) is 27.8 Å². The molecule has 0 unspecified atom stereocenters. The van der Waals surface area contributed by atoms with Gasteiger partial charge in [0.25, 0.3) is 0 Å². The Morgan fingerprint density at radius 3 is 1.84 bits per heavy atom. The Kier molecular flexibility index (Phi) is 7.24. The molecule has 0 N–H and O–H groups in total. The van der Waals surface area contributed by atoms with Crippen LogP contribution in [0.5, 0.6) is 0 Å². The summed E-state index contributed by atoms with van der Waals surface area (Å²) in [5.41, 5.74) is 17.2. The van der Waals surface area contributed by atoms with Gasteiger partial charge in [-0.1, -0.05) is 115 Å². The van der Waals surface area contributed by atoms with Crippen molar-refractivity contribution in [3.05, 3.63) is 200 Å². The summed E-state index contributed by atoms with van der Waals surface area (Å²) in [5.74, 6) is 0. The van der Waals surface area contributed by atoms with Crippen LogP contribution in [0, 0.1) is 0 Å². The van der Waals surface area contributed by atoms with Crippen LogP contribution in [0.4, 0.5) is 0 Å². The molecule has 5 heteroatoms. The van der Waals surface area contributed by atoms with Gasteiger partial charge in [0, 0.05) is 55.3 Å². The molecule has 0 atom stereocenters. The normalized spacial score (nSPS) is 11.9. The fraction of sp³-hybridized carbons (Fsp3) is 0. The molecule has 8 aromatic carbocycles. The molecule has 0 aliphatic carbocycles. The van der Waals surface area contributed by atoms with Crippen molar-refractivity contribution in [3.63, 3.8) is 0 Å². The van der Waals surface area contributed by atoms with Gasteiger partial charge in [0.2, 0.25) is 0 Å². The monoisotopic (exact) mass is 779 g/mol. The summed E-state index contributed by atoms with van der Waals surface area (Å²) in [4.78, 5) is 9.96. The van der Waals surface area contributed by atoms with Gasteiger partial charge in [-0.3, -0.25) is 4.98 Å². The van der Waals surface area contributed by atoms with E-state index in [1.807, 2.05) is 36.5 Å². The van der Waals surface area contributed by atoms with Crippen LogP contribution < -0.4 is 0 Å². The number of nitrogens with zero attached hydrogens (tertiary/aromatic N) is 3. The zero-order valence-electron chi connectivity index (χ0n) is 32.7. The van der Waals surface area contributed by atoms with Crippen LogP contribution in [-0.2, 0) is 0 Å². The number of hydrogen-bond donors (Lipinski definition) is 0. The number of para-hydroxylation sites is 3. The Morgan fingerprint density at radius 2 is 1.00 bits per heavy atom. The van der Waals surface area contributed by atoms with Crippen LogP contribution in [0.3, 0.4) is 0 Å². The minimum atomic E-state index is 0.843. The summed E-state index contributed by atoms with van der Waals surface area (Å²) < 4.78 is 15.1. The van der Waals surface area contributed by atoms with E-state index in [1.54, 1.807) is 0 Å². The van der Waals surface area contributed by atoms with Gasteiger partial charge in [-0.05, 0) is 107 Å². The largest absolute Gasteiger partial charge is 0.456 e. The molecular formula is C56H33N3O2. The highest BCUT2D eigenvalue weighted by molar-refractivity contribution is 6.16. The number of furan rings is 2. The lowest BCUT2D eigenvalue weighted by atomic mass is 9.95. The van der Waals surface area contributed by atoms with Gasteiger partial charge in [-0.25, -0.2) is 4.98 Å². The number of fused-ring (bicyclic) bond motifs is 10. The molecule has 0 aliphatic heterocycles. The van der Waals surface area contributed by atoms with Gasteiger partial charge in [-0.15, -0.1) is 0 Å². The lowest BCUT2D eigenvalue weighted by Crippen LogP contribution is -1.92. The number of pyridine rings is 2. The third kappa shape index (κ3) is 5.21. The smallest absolute Gasteiger partial charge is 0.136 e. The van der Waals surface area contributed by atoms with E-state index in [-0.39, 0.29) is 0 Å². The van der Waals surface area contributed by atoms with Crippen LogP contribution >= 0.6 is 0 Å². The lowest BCUT2D eigenvalue weighted by molar-refractivity contribution is 0.668. The molecule has 5 aromatic heterocycles. The minimum Gasteiger partial charge on any atom is -0.456 e. The van der Waals surface area contributed by atoms with Crippen LogP contribution in [0.15, 0.2) is 209 Å². The molecule has 61 heavy (non-hydrogen) atoms. The van der Waals surface area contributed by atoms with Crippen molar-refractivity contribution < 1.29 is 8.83 Å². The van der Waals surface area contributed by atoms with Crippen LogP contribution in [0.25, 0.3) is 127 Å². The average molecular weight is 780 g/mol.